The van der Waals surface area contributed by atoms with Gasteiger partial charge in [0, 0.05) is 17.5 Å². The molecule has 0 aromatic heterocycles. The van der Waals surface area contributed by atoms with Gasteiger partial charge in [0.15, 0.2) is 0 Å². The lowest BCUT2D eigenvalue weighted by Crippen LogP contribution is -2.57. The quantitative estimate of drug-likeness (QED) is 0.484. The van der Waals surface area contributed by atoms with Crippen molar-refractivity contribution in [2.45, 2.75) is 56.2 Å². The highest BCUT2D eigenvalue weighted by Crippen LogP contribution is 2.61. The van der Waals surface area contributed by atoms with E-state index in [1.807, 2.05) is 70.2 Å². The molecule has 2 amide bonds. The Bertz CT molecular complexity index is 1150. The third-order valence-electron chi connectivity index (χ3n) is 7.85. The van der Waals surface area contributed by atoms with Gasteiger partial charge in [0.2, 0.25) is 5.91 Å². The molecule has 192 valence electrons. The summed E-state index contributed by atoms with van der Waals surface area (Å²) in [6, 6.07) is 4.67. The largest absolute Gasteiger partial charge is 0.461 e. The van der Waals surface area contributed by atoms with E-state index in [1.54, 1.807) is 9.80 Å². The van der Waals surface area contributed by atoms with Crippen LogP contribution in [0.2, 0.25) is 0 Å². The number of hydrogen-bond donors (Lipinski definition) is 1. The Labute approximate surface area is 216 Å². The van der Waals surface area contributed by atoms with Gasteiger partial charge in [-0.15, -0.1) is 11.8 Å². The summed E-state index contributed by atoms with van der Waals surface area (Å²) in [4.78, 5) is 45.2. The Kier molecular flexibility index (Phi) is 6.53. The van der Waals surface area contributed by atoms with Crippen LogP contribution in [0.25, 0.3) is 0 Å². The fourth-order valence-corrected chi connectivity index (χ4v) is 8.34. The van der Waals surface area contributed by atoms with Crippen LogP contribution in [0, 0.1) is 31.6 Å². The van der Waals surface area contributed by atoms with Crippen LogP contribution in [0.15, 0.2) is 42.5 Å². The molecule has 1 unspecified atom stereocenters. The zero-order chi connectivity index (χ0) is 25.8. The number of cyclic esters (lactones) is 1. The van der Waals surface area contributed by atoms with E-state index < -0.39 is 34.6 Å². The van der Waals surface area contributed by atoms with Gasteiger partial charge in [-0.05, 0) is 43.4 Å². The second-order valence-corrected chi connectivity index (χ2v) is 12.2. The maximum absolute atomic E-state index is 14.5. The Morgan fingerprint density at radius 3 is 2.67 bits per heavy atom. The lowest BCUT2D eigenvalue weighted by Gasteiger charge is -2.39. The highest BCUT2D eigenvalue weighted by Gasteiger charge is 2.71. The van der Waals surface area contributed by atoms with Gasteiger partial charge in [-0.1, -0.05) is 50.3 Å². The predicted octanol–water partition coefficient (Wildman–Crippen LogP) is 3.02. The van der Waals surface area contributed by atoms with E-state index in [0.717, 1.165) is 16.8 Å². The maximum atomic E-state index is 14.5. The van der Waals surface area contributed by atoms with Crippen LogP contribution in [-0.4, -0.2) is 69.6 Å². The maximum Gasteiger partial charge on any atom is 0.311 e. The summed E-state index contributed by atoms with van der Waals surface area (Å²) in [5, 5.41) is 10.2. The van der Waals surface area contributed by atoms with Crippen molar-refractivity contribution in [2.24, 2.45) is 17.8 Å². The van der Waals surface area contributed by atoms with Gasteiger partial charge in [0.1, 0.15) is 12.6 Å². The number of esters is 1. The van der Waals surface area contributed by atoms with E-state index in [-0.39, 0.29) is 36.2 Å². The lowest BCUT2D eigenvalue weighted by molar-refractivity contribution is -0.152. The van der Waals surface area contributed by atoms with Gasteiger partial charge in [-0.3, -0.25) is 14.4 Å². The van der Waals surface area contributed by atoms with Crippen LogP contribution in [0.5, 0.6) is 0 Å². The fourth-order valence-electron chi connectivity index (χ4n) is 6.35. The average Bonchev–Trinajstić information content (AvgIpc) is 3.14. The molecule has 0 radical (unpaired) electrons. The summed E-state index contributed by atoms with van der Waals surface area (Å²) < 4.78 is 4.52. The van der Waals surface area contributed by atoms with E-state index in [9.17, 15) is 19.5 Å². The summed E-state index contributed by atoms with van der Waals surface area (Å²) >= 11 is 1.52. The van der Waals surface area contributed by atoms with E-state index in [2.05, 4.69) is 0 Å². The summed E-state index contributed by atoms with van der Waals surface area (Å²) in [7, 11) is 0. The first-order valence-electron chi connectivity index (χ1n) is 12.7. The van der Waals surface area contributed by atoms with Gasteiger partial charge in [0.25, 0.3) is 5.91 Å². The van der Waals surface area contributed by atoms with Crippen molar-refractivity contribution in [3.05, 3.63) is 53.6 Å². The standard InChI is InChI=1S/C28H34N2O5S/c1-16(2)13-19(15-31)30-24-26(33)29(20-14-17(3)8-9-18(20)4)11-6-10-28(24)23(25(30)32)22-21(36-28)7-5-12-35-27(22)34/h5-10,14,16,19,21-24,31H,11-13,15H2,1-4H3/t19-,21+,22-,23+,24?,28+/m1/s1. The number of carbonyl (C=O) groups is 3. The van der Waals surface area contributed by atoms with Gasteiger partial charge in [-0.25, -0.2) is 0 Å². The third kappa shape index (κ3) is 3.80. The molecular formula is C28H34N2O5S. The number of carbonyl (C=O) groups excluding carboxylic acids is 3. The number of aliphatic hydroxyl groups excluding tert-OH is 1. The average molecular weight is 511 g/mol. The van der Waals surface area contributed by atoms with Crippen molar-refractivity contribution >= 4 is 35.2 Å². The van der Waals surface area contributed by atoms with Crippen LogP contribution in [-0.2, 0) is 19.1 Å². The molecule has 0 saturated carbocycles. The van der Waals surface area contributed by atoms with Crippen molar-refractivity contribution < 1.29 is 24.2 Å². The smallest absolute Gasteiger partial charge is 0.311 e. The first-order valence-corrected chi connectivity index (χ1v) is 13.6. The predicted molar refractivity (Wildman–Crippen MR) is 140 cm³/mol. The second-order valence-electron chi connectivity index (χ2n) is 10.8. The molecule has 8 heteroatoms. The number of rotatable bonds is 5. The van der Waals surface area contributed by atoms with Crippen LogP contribution >= 0.6 is 11.8 Å². The van der Waals surface area contributed by atoms with Gasteiger partial charge < -0.3 is 19.6 Å². The normalized spacial score (nSPS) is 32.2. The van der Waals surface area contributed by atoms with Crippen LogP contribution in [0.3, 0.4) is 0 Å². The van der Waals surface area contributed by atoms with Crippen LogP contribution in [0.4, 0.5) is 5.69 Å². The van der Waals surface area contributed by atoms with Crippen LogP contribution < -0.4 is 4.90 Å². The molecular weight excluding hydrogens is 476 g/mol. The molecule has 4 aliphatic heterocycles. The molecule has 36 heavy (non-hydrogen) atoms. The zero-order valence-corrected chi connectivity index (χ0v) is 22.0. The number of thioether (sulfide) groups is 1. The third-order valence-corrected chi connectivity index (χ3v) is 9.60. The first kappa shape index (κ1) is 25.1. The molecule has 1 N–H and O–H groups in total. The minimum atomic E-state index is -0.916. The molecule has 0 aliphatic carbocycles. The van der Waals surface area contributed by atoms with Crippen molar-refractivity contribution in [1.29, 1.82) is 0 Å². The van der Waals surface area contributed by atoms with Gasteiger partial charge in [0.05, 0.1) is 29.2 Å². The molecule has 7 nitrogen and oxygen atoms in total. The summed E-state index contributed by atoms with van der Waals surface area (Å²) in [6.07, 6.45) is 8.29. The minimum absolute atomic E-state index is 0.173. The Hall–Kier alpha value is -2.58. The highest BCUT2D eigenvalue weighted by atomic mass is 32.2. The number of likely N-dealkylation sites (tertiary alicyclic amines) is 1. The van der Waals surface area contributed by atoms with Gasteiger partial charge in [-0.2, -0.15) is 0 Å². The number of aliphatic hydroxyl groups is 1. The van der Waals surface area contributed by atoms with E-state index in [4.69, 9.17) is 4.74 Å². The van der Waals surface area contributed by atoms with E-state index >= 15 is 0 Å². The number of amides is 2. The number of anilines is 1. The summed E-state index contributed by atoms with van der Waals surface area (Å²) in [6.45, 7) is 8.37. The van der Waals surface area contributed by atoms with Crippen molar-refractivity contribution in [3.8, 4) is 0 Å². The molecule has 2 saturated heterocycles. The number of fused-ring (bicyclic) bond motifs is 2. The molecule has 1 aromatic rings. The minimum Gasteiger partial charge on any atom is -0.461 e. The number of benzene rings is 1. The molecule has 6 atom stereocenters. The number of hydrogen-bond acceptors (Lipinski definition) is 6. The number of nitrogens with zero attached hydrogens (tertiary/aromatic N) is 2. The second kappa shape index (κ2) is 9.38. The zero-order valence-electron chi connectivity index (χ0n) is 21.2. The molecule has 5 rings (SSSR count). The monoisotopic (exact) mass is 510 g/mol. The molecule has 4 heterocycles. The van der Waals surface area contributed by atoms with E-state index in [0.29, 0.717) is 13.0 Å². The Morgan fingerprint density at radius 1 is 1.17 bits per heavy atom. The lowest BCUT2D eigenvalue weighted by atomic mass is 9.78. The molecule has 4 aliphatic rings. The Balaban J connectivity index is 1.66. The SMILES string of the molecule is Cc1ccc(C)c(N2CC=C[C@]34S[C@H]5C=CCOC(=O)[C@H]5[C@H]3C(=O)N([C@@H](CO)CC(C)C)C4C2=O)c1. The first-order chi connectivity index (χ1) is 17.2. The van der Waals surface area contributed by atoms with Crippen molar-refractivity contribution in [3.63, 3.8) is 0 Å². The topological polar surface area (TPSA) is 87.2 Å². The molecule has 0 bridgehead atoms. The number of ether oxygens (including phenoxy) is 1. The number of aryl methyl sites for hydroxylation is 2. The Morgan fingerprint density at radius 2 is 1.94 bits per heavy atom. The van der Waals surface area contributed by atoms with Crippen molar-refractivity contribution in [1.82, 2.24) is 4.90 Å². The highest BCUT2D eigenvalue weighted by molar-refractivity contribution is 8.02. The molecule has 1 spiro atoms. The van der Waals surface area contributed by atoms with Gasteiger partial charge >= 0.3 is 5.97 Å². The van der Waals surface area contributed by atoms with E-state index in [1.165, 1.54) is 11.8 Å². The van der Waals surface area contributed by atoms with Crippen LogP contribution in [0.1, 0.15) is 31.4 Å². The molecule has 2 fully saturated rings. The summed E-state index contributed by atoms with van der Waals surface area (Å²) in [5.41, 5.74) is 2.84. The summed E-state index contributed by atoms with van der Waals surface area (Å²) in [5.74, 6) is -2.00. The fraction of sp³-hybridized carbons (Fsp3) is 0.536. The molecule has 1 aromatic carbocycles. The van der Waals surface area contributed by atoms with Crippen molar-refractivity contribution in [2.75, 3.05) is 24.7 Å².